The first kappa shape index (κ1) is 20.0. The molecule has 1 aliphatic rings. The lowest BCUT2D eigenvalue weighted by atomic mass is 9.96. The molecule has 6 nitrogen and oxygen atoms in total. The number of hydrogen-bond donors (Lipinski definition) is 2. The van der Waals surface area contributed by atoms with Gasteiger partial charge in [-0.25, -0.2) is 4.98 Å². The molecular weight excluding hydrogens is 373 g/mol. The van der Waals surface area contributed by atoms with Crippen LogP contribution in [-0.4, -0.2) is 30.2 Å². The molecule has 2 aromatic rings. The highest BCUT2D eigenvalue weighted by molar-refractivity contribution is 5.66. The summed E-state index contributed by atoms with van der Waals surface area (Å²) in [6.07, 6.45) is 0.455. The van der Waals surface area contributed by atoms with Crippen molar-refractivity contribution < 1.29 is 22.6 Å². The molecule has 0 saturated heterocycles. The number of hydrogen-bond acceptors (Lipinski definition) is 6. The molecule has 2 N–H and O–H groups in total. The van der Waals surface area contributed by atoms with Gasteiger partial charge >= 0.3 is 6.18 Å². The Morgan fingerprint density at radius 2 is 1.75 bits per heavy atom. The average Bonchev–Trinajstić information content (AvgIpc) is 2.68. The highest BCUT2D eigenvalue weighted by atomic mass is 19.4. The van der Waals surface area contributed by atoms with E-state index in [-0.39, 0.29) is 17.8 Å². The third kappa shape index (κ3) is 4.96. The van der Waals surface area contributed by atoms with Gasteiger partial charge in [0, 0.05) is 18.2 Å². The largest absolute Gasteiger partial charge is 0.497 e. The molecule has 0 amide bonds. The van der Waals surface area contributed by atoms with Gasteiger partial charge in [-0.3, -0.25) is 0 Å². The first-order chi connectivity index (χ1) is 13.4. The van der Waals surface area contributed by atoms with Crippen molar-refractivity contribution in [2.45, 2.75) is 44.3 Å². The first-order valence-corrected chi connectivity index (χ1v) is 9.11. The van der Waals surface area contributed by atoms with E-state index in [1.807, 2.05) is 0 Å². The van der Waals surface area contributed by atoms with E-state index in [4.69, 9.17) is 9.47 Å². The molecule has 1 fully saturated rings. The number of nitrogens with one attached hydrogen (secondary N) is 2. The van der Waals surface area contributed by atoms with Gasteiger partial charge in [-0.2, -0.15) is 18.2 Å². The van der Waals surface area contributed by atoms with E-state index in [0.717, 1.165) is 38.2 Å². The van der Waals surface area contributed by atoms with E-state index < -0.39 is 11.9 Å². The molecule has 0 spiro atoms. The summed E-state index contributed by atoms with van der Waals surface area (Å²) in [6, 6.07) is 5.94. The highest BCUT2D eigenvalue weighted by Crippen LogP contribution is 2.34. The lowest BCUT2D eigenvalue weighted by Gasteiger charge is -2.23. The van der Waals surface area contributed by atoms with Gasteiger partial charge in [-0.1, -0.05) is 19.3 Å². The maximum Gasteiger partial charge on any atom is 0.433 e. The molecule has 0 unspecified atom stereocenters. The quantitative estimate of drug-likeness (QED) is 0.716. The van der Waals surface area contributed by atoms with Crippen molar-refractivity contribution in [3.05, 3.63) is 30.0 Å². The highest BCUT2D eigenvalue weighted by Gasteiger charge is 2.34. The van der Waals surface area contributed by atoms with Crippen LogP contribution in [0.2, 0.25) is 0 Å². The van der Waals surface area contributed by atoms with Gasteiger partial charge in [0.25, 0.3) is 0 Å². The Bertz CT molecular complexity index is 808. The topological polar surface area (TPSA) is 68.3 Å². The Kier molecular flexibility index (Phi) is 6.11. The summed E-state index contributed by atoms with van der Waals surface area (Å²) in [5.41, 5.74) is -0.533. The number of nitrogens with zero attached hydrogens (tertiary/aromatic N) is 2. The van der Waals surface area contributed by atoms with Crippen molar-refractivity contribution in [3.8, 4) is 11.5 Å². The van der Waals surface area contributed by atoms with Crippen molar-refractivity contribution >= 4 is 17.5 Å². The van der Waals surface area contributed by atoms with Crippen LogP contribution in [0.3, 0.4) is 0 Å². The molecular formula is C19H23F3N4O2. The van der Waals surface area contributed by atoms with Gasteiger partial charge in [-0.05, 0) is 25.0 Å². The molecule has 9 heteroatoms. The fourth-order valence-electron chi connectivity index (χ4n) is 3.19. The third-order valence-corrected chi connectivity index (χ3v) is 4.63. The standard InChI is InChI=1S/C19H23F3N4O2/c1-27-13-8-9-14(15(10-13)28-2)24-17-11-16(19(20,21)22)25-18(26-17)23-12-6-4-3-5-7-12/h8-12H,3-7H2,1-2H3,(H2,23,24,25,26). The molecule has 0 bridgehead atoms. The Hall–Kier alpha value is -2.71. The first-order valence-electron chi connectivity index (χ1n) is 9.11. The molecule has 152 valence electrons. The number of rotatable bonds is 6. The minimum atomic E-state index is -4.58. The van der Waals surface area contributed by atoms with Gasteiger partial charge in [0.1, 0.15) is 17.3 Å². The van der Waals surface area contributed by atoms with Crippen LogP contribution in [0, 0.1) is 0 Å². The SMILES string of the molecule is COc1ccc(Nc2cc(C(F)(F)F)nc(NC3CCCCC3)n2)c(OC)c1. The molecule has 28 heavy (non-hydrogen) atoms. The number of halogens is 3. The van der Waals surface area contributed by atoms with Crippen LogP contribution in [0.1, 0.15) is 37.8 Å². The molecule has 1 aromatic heterocycles. The molecule has 0 radical (unpaired) electrons. The van der Waals surface area contributed by atoms with Gasteiger partial charge in [0.05, 0.1) is 19.9 Å². The summed E-state index contributed by atoms with van der Waals surface area (Å²) < 4.78 is 50.4. The average molecular weight is 396 g/mol. The molecule has 1 aromatic carbocycles. The summed E-state index contributed by atoms with van der Waals surface area (Å²) in [4.78, 5) is 7.91. The summed E-state index contributed by atoms with van der Waals surface area (Å²) in [5.74, 6) is 0.995. The molecule has 3 rings (SSSR count). The Morgan fingerprint density at radius 1 is 1.00 bits per heavy atom. The van der Waals surface area contributed by atoms with Crippen LogP contribution in [-0.2, 0) is 6.18 Å². The van der Waals surface area contributed by atoms with Crippen molar-refractivity contribution in [1.82, 2.24) is 9.97 Å². The second kappa shape index (κ2) is 8.53. The van der Waals surface area contributed by atoms with Crippen molar-refractivity contribution in [3.63, 3.8) is 0 Å². The zero-order valence-corrected chi connectivity index (χ0v) is 15.8. The Labute approximate surface area is 161 Å². The van der Waals surface area contributed by atoms with E-state index in [2.05, 4.69) is 20.6 Å². The molecule has 1 heterocycles. The van der Waals surface area contributed by atoms with Crippen LogP contribution in [0.15, 0.2) is 24.3 Å². The number of alkyl halides is 3. The number of ether oxygens (including phenoxy) is 2. The Balaban J connectivity index is 1.90. The van der Waals surface area contributed by atoms with Crippen LogP contribution in [0.4, 0.5) is 30.6 Å². The second-order valence-electron chi connectivity index (χ2n) is 6.63. The van der Waals surface area contributed by atoms with Crippen LogP contribution in [0.5, 0.6) is 11.5 Å². The number of benzene rings is 1. The van der Waals surface area contributed by atoms with E-state index in [0.29, 0.717) is 17.2 Å². The summed E-state index contributed by atoms with van der Waals surface area (Å²) in [7, 11) is 2.99. The number of methoxy groups -OCH3 is 2. The molecule has 0 aliphatic heterocycles. The zero-order valence-electron chi connectivity index (χ0n) is 15.8. The van der Waals surface area contributed by atoms with E-state index in [1.165, 1.54) is 14.2 Å². The van der Waals surface area contributed by atoms with Gasteiger partial charge in [0.15, 0.2) is 5.69 Å². The lowest BCUT2D eigenvalue weighted by molar-refractivity contribution is -0.141. The molecule has 0 atom stereocenters. The van der Waals surface area contributed by atoms with Gasteiger partial charge in [-0.15, -0.1) is 0 Å². The van der Waals surface area contributed by atoms with Gasteiger partial charge in [0.2, 0.25) is 5.95 Å². The maximum absolute atomic E-state index is 13.3. The number of anilines is 3. The molecule has 1 saturated carbocycles. The summed E-state index contributed by atoms with van der Waals surface area (Å²) in [6.45, 7) is 0. The monoisotopic (exact) mass is 396 g/mol. The van der Waals surface area contributed by atoms with Crippen LogP contribution in [0.25, 0.3) is 0 Å². The van der Waals surface area contributed by atoms with Crippen LogP contribution < -0.4 is 20.1 Å². The minimum Gasteiger partial charge on any atom is -0.497 e. The van der Waals surface area contributed by atoms with Crippen LogP contribution >= 0.6 is 0 Å². The predicted molar refractivity (Wildman–Crippen MR) is 100 cm³/mol. The maximum atomic E-state index is 13.3. The summed E-state index contributed by atoms with van der Waals surface area (Å²) >= 11 is 0. The zero-order chi connectivity index (χ0) is 20.1. The van der Waals surface area contributed by atoms with E-state index >= 15 is 0 Å². The fourth-order valence-corrected chi connectivity index (χ4v) is 3.19. The summed E-state index contributed by atoms with van der Waals surface area (Å²) in [5, 5.41) is 5.95. The lowest BCUT2D eigenvalue weighted by Crippen LogP contribution is -2.24. The predicted octanol–water partition coefficient (Wildman–Crippen LogP) is 5.00. The van der Waals surface area contributed by atoms with Crippen molar-refractivity contribution in [1.29, 1.82) is 0 Å². The number of aromatic nitrogens is 2. The minimum absolute atomic E-state index is 0.0308. The van der Waals surface area contributed by atoms with Crippen molar-refractivity contribution in [2.75, 3.05) is 24.9 Å². The van der Waals surface area contributed by atoms with Gasteiger partial charge < -0.3 is 20.1 Å². The fraction of sp³-hybridized carbons (Fsp3) is 0.474. The Morgan fingerprint density at radius 3 is 2.39 bits per heavy atom. The van der Waals surface area contributed by atoms with Crippen molar-refractivity contribution in [2.24, 2.45) is 0 Å². The smallest absolute Gasteiger partial charge is 0.433 e. The molecule has 1 aliphatic carbocycles. The third-order valence-electron chi connectivity index (χ3n) is 4.63. The second-order valence-corrected chi connectivity index (χ2v) is 6.63. The normalized spacial score (nSPS) is 15.2. The van der Waals surface area contributed by atoms with E-state index in [1.54, 1.807) is 18.2 Å². The van der Waals surface area contributed by atoms with E-state index in [9.17, 15) is 13.2 Å².